The molecule has 1 heterocycles. The maximum atomic E-state index is 13.1. The third-order valence-electron chi connectivity index (χ3n) is 4.20. The second-order valence-electron chi connectivity index (χ2n) is 6.31. The summed E-state index contributed by atoms with van der Waals surface area (Å²) in [6, 6.07) is 6.34. The number of nitrogens with one attached hydrogen (secondary N) is 1. The molecule has 0 bridgehead atoms. The van der Waals surface area contributed by atoms with Crippen LogP contribution in [0, 0.1) is 25.6 Å². The molecule has 2 aromatic rings. The third-order valence-corrected chi connectivity index (χ3v) is 4.20. The van der Waals surface area contributed by atoms with Crippen LogP contribution in [0.2, 0.25) is 0 Å². The number of aromatic nitrogens is 2. The highest BCUT2D eigenvalue weighted by molar-refractivity contribution is 5.37. The van der Waals surface area contributed by atoms with E-state index in [9.17, 15) is 9.50 Å². The van der Waals surface area contributed by atoms with Crippen LogP contribution in [0.1, 0.15) is 37.2 Å². The van der Waals surface area contributed by atoms with E-state index in [2.05, 4.69) is 10.4 Å². The summed E-state index contributed by atoms with van der Waals surface area (Å²) in [5.41, 5.74) is 4.01. The van der Waals surface area contributed by atoms with Crippen LogP contribution < -0.4 is 5.32 Å². The Balaban J connectivity index is 2.02. The lowest BCUT2D eigenvalue weighted by molar-refractivity contribution is 0.116. The van der Waals surface area contributed by atoms with Crippen LogP contribution in [-0.2, 0) is 6.54 Å². The van der Waals surface area contributed by atoms with Crippen molar-refractivity contribution in [3.63, 3.8) is 0 Å². The SMILES string of the molecule is Cc1nn(-c2ccc(F)cc2)c(C)c1CNCCC(O)C(C)C. The number of benzene rings is 1. The first-order chi connectivity index (χ1) is 10.9. The fourth-order valence-corrected chi connectivity index (χ4v) is 2.56. The van der Waals surface area contributed by atoms with Gasteiger partial charge in [0, 0.05) is 17.8 Å². The molecule has 0 spiro atoms. The number of hydrogen-bond donors (Lipinski definition) is 2. The minimum Gasteiger partial charge on any atom is -0.393 e. The molecule has 1 aromatic heterocycles. The van der Waals surface area contributed by atoms with Gasteiger partial charge in [-0.15, -0.1) is 0 Å². The zero-order valence-electron chi connectivity index (χ0n) is 14.3. The Bertz CT molecular complexity index is 634. The average molecular weight is 319 g/mol. The minimum absolute atomic E-state index is 0.249. The zero-order valence-corrected chi connectivity index (χ0v) is 14.3. The molecule has 0 fully saturated rings. The van der Waals surface area contributed by atoms with Gasteiger partial charge in [-0.1, -0.05) is 13.8 Å². The highest BCUT2D eigenvalue weighted by Gasteiger charge is 2.13. The molecule has 1 unspecified atom stereocenters. The first-order valence-electron chi connectivity index (χ1n) is 8.10. The number of aliphatic hydroxyl groups is 1. The fourth-order valence-electron chi connectivity index (χ4n) is 2.56. The molecule has 0 amide bonds. The van der Waals surface area contributed by atoms with Crippen molar-refractivity contribution in [1.29, 1.82) is 0 Å². The molecule has 1 aromatic carbocycles. The maximum absolute atomic E-state index is 13.1. The highest BCUT2D eigenvalue weighted by Crippen LogP contribution is 2.18. The second-order valence-corrected chi connectivity index (χ2v) is 6.31. The molecule has 1 atom stereocenters. The van der Waals surface area contributed by atoms with Crippen LogP contribution in [0.4, 0.5) is 4.39 Å². The van der Waals surface area contributed by atoms with Gasteiger partial charge in [-0.05, 0) is 57.0 Å². The molecule has 0 radical (unpaired) electrons. The molecule has 2 N–H and O–H groups in total. The first-order valence-corrected chi connectivity index (χ1v) is 8.10. The summed E-state index contributed by atoms with van der Waals surface area (Å²) < 4.78 is 14.9. The summed E-state index contributed by atoms with van der Waals surface area (Å²) in [6.45, 7) is 9.51. The number of halogens is 1. The number of hydrogen-bond acceptors (Lipinski definition) is 3. The smallest absolute Gasteiger partial charge is 0.123 e. The van der Waals surface area contributed by atoms with Gasteiger partial charge in [-0.2, -0.15) is 5.10 Å². The standard InChI is InChI=1S/C18H26FN3O/c1-12(2)18(23)9-10-20-11-17-13(3)21-22(14(17)4)16-7-5-15(19)6-8-16/h5-8,12,18,20,23H,9-11H2,1-4H3. The van der Waals surface area contributed by atoms with Crippen LogP contribution in [0.5, 0.6) is 0 Å². The lowest BCUT2D eigenvalue weighted by atomic mass is 10.0. The van der Waals surface area contributed by atoms with Gasteiger partial charge < -0.3 is 10.4 Å². The molecule has 126 valence electrons. The molecule has 0 saturated heterocycles. The van der Waals surface area contributed by atoms with Crippen LogP contribution >= 0.6 is 0 Å². The summed E-state index contributed by atoms with van der Waals surface area (Å²) in [7, 11) is 0. The molecule has 0 saturated carbocycles. The van der Waals surface area contributed by atoms with Gasteiger partial charge in [0.2, 0.25) is 0 Å². The molecule has 0 aliphatic carbocycles. The van der Waals surface area contributed by atoms with Crippen LogP contribution in [0.15, 0.2) is 24.3 Å². The van der Waals surface area contributed by atoms with E-state index in [1.54, 1.807) is 12.1 Å². The maximum Gasteiger partial charge on any atom is 0.123 e. The van der Waals surface area contributed by atoms with E-state index in [0.717, 1.165) is 35.6 Å². The van der Waals surface area contributed by atoms with E-state index >= 15 is 0 Å². The van der Waals surface area contributed by atoms with Crippen molar-refractivity contribution in [2.24, 2.45) is 5.92 Å². The summed E-state index contributed by atoms with van der Waals surface area (Å²) in [5, 5.41) is 17.7. The van der Waals surface area contributed by atoms with Crippen LogP contribution in [0.3, 0.4) is 0 Å². The molecule has 0 aliphatic heterocycles. The molecule has 2 rings (SSSR count). The van der Waals surface area contributed by atoms with Gasteiger partial charge in [0.1, 0.15) is 5.82 Å². The normalized spacial score (nSPS) is 12.8. The highest BCUT2D eigenvalue weighted by atomic mass is 19.1. The molecule has 4 nitrogen and oxygen atoms in total. The fraction of sp³-hybridized carbons (Fsp3) is 0.500. The van der Waals surface area contributed by atoms with Gasteiger partial charge in [0.25, 0.3) is 0 Å². The average Bonchev–Trinajstić information content (AvgIpc) is 2.79. The largest absolute Gasteiger partial charge is 0.393 e. The van der Waals surface area contributed by atoms with E-state index in [1.165, 1.54) is 12.1 Å². The quantitative estimate of drug-likeness (QED) is 0.771. The van der Waals surface area contributed by atoms with Crippen molar-refractivity contribution in [2.75, 3.05) is 6.54 Å². The predicted octanol–water partition coefficient (Wildman–Crippen LogP) is 3.12. The zero-order chi connectivity index (χ0) is 17.0. The van der Waals surface area contributed by atoms with E-state index in [0.29, 0.717) is 6.54 Å². The lowest BCUT2D eigenvalue weighted by Gasteiger charge is -2.14. The summed E-state index contributed by atoms with van der Waals surface area (Å²) in [4.78, 5) is 0. The lowest BCUT2D eigenvalue weighted by Crippen LogP contribution is -2.23. The molecular weight excluding hydrogens is 293 g/mol. The van der Waals surface area contributed by atoms with Crippen molar-refractivity contribution >= 4 is 0 Å². The second kappa shape index (κ2) is 7.70. The Morgan fingerprint density at radius 1 is 1.22 bits per heavy atom. The monoisotopic (exact) mass is 319 g/mol. The molecule has 5 heteroatoms. The Kier molecular flexibility index (Phi) is 5.91. The molecular formula is C18H26FN3O. The topological polar surface area (TPSA) is 50.1 Å². The Morgan fingerprint density at radius 2 is 1.87 bits per heavy atom. The van der Waals surface area contributed by atoms with Gasteiger partial charge in [-0.25, -0.2) is 9.07 Å². The summed E-state index contributed by atoms with van der Waals surface area (Å²) >= 11 is 0. The number of nitrogens with zero attached hydrogens (tertiary/aromatic N) is 2. The first kappa shape index (κ1) is 17.6. The molecule has 0 aliphatic rings. The van der Waals surface area contributed by atoms with Crippen molar-refractivity contribution < 1.29 is 9.50 Å². The number of rotatable bonds is 7. The van der Waals surface area contributed by atoms with Crippen molar-refractivity contribution in [2.45, 2.75) is 46.8 Å². The third kappa shape index (κ3) is 4.39. The van der Waals surface area contributed by atoms with Gasteiger partial charge in [0.15, 0.2) is 0 Å². The van der Waals surface area contributed by atoms with E-state index < -0.39 is 0 Å². The minimum atomic E-state index is -0.272. The van der Waals surface area contributed by atoms with Crippen molar-refractivity contribution in [3.8, 4) is 5.69 Å². The van der Waals surface area contributed by atoms with Gasteiger partial charge in [-0.3, -0.25) is 0 Å². The van der Waals surface area contributed by atoms with Crippen LogP contribution in [0.25, 0.3) is 5.69 Å². The molecule has 23 heavy (non-hydrogen) atoms. The van der Waals surface area contributed by atoms with E-state index in [-0.39, 0.29) is 17.8 Å². The Hall–Kier alpha value is -1.72. The Labute approximate surface area is 137 Å². The van der Waals surface area contributed by atoms with E-state index in [4.69, 9.17) is 0 Å². The van der Waals surface area contributed by atoms with Crippen molar-refractivity contribution in [3.05, 3.63) is 47.0 Å². The van der Waals surface area contributed by atoms with Crippen molar-refractivity contribution in [1.82, 2.24) is 15.1 Å². The van der Waals surface area contributed by atoms with Gasteiger partial charge in [0.05, 0.1) is 17.5 Å². The van der Waals surface area contributed by atoms with Crippen LogP contribution in [-0.4, -0.2) is 27.5 Å². The Morgan fingerprint density at radius 3 is 2.48 bits per heavy atom. The summed E-state index contributed by atoms with van der Waals surface area (Å²) in [5.74, 6) is 0.0300. The summed E-state index contributed by atoms with van der Waals surface area (Å²) in [6.07, 6.45) is 0.466. The van der Waals surface area contributed by atoms with E-state index in [1.807, 2.05) is 32.4 Å². The van der Waals surface area contributed by atoms with Gasteiger partial charge >= 0.3 is 0 Å². The number of aryl methyl sites for hydroxylation is 1. The number of aliphatic hydroxyl groups excluding tert-OH is 1. The predicted molar refractivity (Wildman–Crippen MR) is 90.2 cm³/mol.